The van der Waals surface area contributed by atoms with Crippen LogP contribution in [0.25, 0.3) is 0 Å². The molecule has 0 aliphatic heterocycles. The van der Waals surface area contributed by atoms with Crippen LogP contribution in [0.4, 0.5) is 0 Å². The average molecular weight is 317 g/mol. The first kappa shape index (κ1) is 11.4. The molecule has 15 heavy (non-hydrogen) atoms. The summed E-state index contributed by atoms with van der Waals surface area (Å²) >= 11 is 2.31. The second kappa shape index (κ2) is 5.27. The van der Waals surface area contributed by atoms with Gasteiger partial charge in [-0.05, 0) is 59.5 Å². The number of hydrogen-bond donors (Lipinski definition) is 1. The van der Waals surface area contributed by atoms with Crippen molar-refractivity contribution < 1.29 is 4.74 Å². The molecule has 1 aliphatic carbocycles. The molecule has 0 saturated heterocycles. The van der Waals surface area contributed by atoms with Gasteiger partial charge in [0.15, 0.2) is 0 Å². The molecule has 2 nitrogen and oxygen atoms in total. The quantitative estimate of drug-likeness (QED) is 0.870. The van der Waals surface area contributed by atoms with Crippen molar-refractivity contribution in [3.8, 4) is 0 Å². The molecule has 1 saturated carbocycles. The van der Waals surface area contributed by atoms with Crippen molar-refractivity contribution >= 4 is 22.6 Å². The molecule has 0 bridgehead atoms. The van der Waals surface area contributed by atoms with Crippen molar-refractivity contribution in [1.82, 2.24) is 0 Å². The van der Waals surface area contributed by atoms with Gasteiger partial charge in [0.05, 0.1) is 12.7 Å². The van der Waals surface area contributed by atoms with Crippen LogP contribution in [0.1, 0.15) is 24.8 Å². The Balaban J connectivity index is 1.80. The van der Waals surface area contributed by atoms with Crippen LogP contribution >= 0.6 is 22.6 Å². The van der Waals surface area contributed by atoms with E-state index in [1.807, 2.05) is 0 Å². The summed E-state index contributed by atoms with van der Waals surface area (Å²) in [6.45, 7) is 0.717. The van der Waals surface area contributed by atoms with Crippen molar-refractivity contribution in [3.63, 3.8) is 0 Å². The fourth-order valence-corrected chi connectivity index (χ4v) is 2.28. The van der Waals surface area contributed by atoms with Crippen LogP contribution in [0, 0.1) is 3.57 Å². The molecule has 0 amide bonds. The van der Waals surface area contributed by atoms with Gasteiger partial charge in [0.1, 0.15) is 0 Å². The zero-order valence-corrected chi connectivity index (χ0v) is 10.8. The number of benzene rings is 1. The number of ether oxygens (including phenoxy) is 1. The van der Waals surface area contributed by atoms with E-state index in [1.54, 1.807) is 0 Å². The number of rotatable bonds is 3. The molecule has 3 heteroatoms. The first-order chi connectivity index (χ1) is 7.24. The molecule has 0 aromatic heterocycles. The van der Waals surface area contributed by atoms with E-state index in [2.05, 4.69) is 46.9 Å². The van der Waals surface area contributed by atoms with Crippen LogP contribution in [-0.4, -0.2) is 12.1 Å². The van der Waals surface area contributed by atoms with Gasteiger partial charge in [-0.15, -0.1) is 0 Å². The molecule has 1 aromatic carbocycles. The second-order valence-corrected chi connectivity index (χ2v) is 5.38. The predicted octanol–water partition coefficient (Wildman–Crippen LogP) is 2.69. The van der Waals surface area contributed by atoms with Crippen LogP contribution in [-0.2, 0) is 11.3 Å². The van der Waals surface area contributed by atoms with Crippen molar-refractivity contribution in [2.24, 2.45) is 5.73 Å². The highest BCUT2D eigenvalue weighted by molar-refractivity contribution is 14.1. The van der Waals surface area contributed by atoms with Gasteiger partial charge in [-0.1, -0.05) is 12.1 Å². The van der Waals surface area contributed by atoms with Crippen LogP contribution in [0.15, 0.2) is 24.3 Å². The van der Waals surface area contributed by atoms with Crippen LogP contribution in [0.5, 0.6) is 0 Å². The largest absolute Gasteiger partial charge is 0.373 e. The van der Waals surface area contributed by atoms with Gasteiger partial charge in [-0.25, -0.2) is 0 Å². The Labute approximate surface area is 104 Å². The molecule has 0 heterocycles. The summed E-state index contributed by atoms with van der Waals surface area (Å²) in [6, 6.07) is 8.82. The van der Waals surface area contributed by atoms with Gasteiger partial charge in [0, 0.05) is 9.61 Å². The molecule has 1 fully saturated rings. The highest BCUT2D eigenvalue weighted by Crippen LogP contribution is 2.21. The Hall–Kier alpha value is -0.130. The van der Waals surface area contributed by atoms with E-state index in [4.69, 9.17) is 10.5 Å². The normalized spacial score (nSPS) is 25.7. The van der Waals surface area contributed by atoms with E-state index in [1.165, 1.54) is 9.13 Å². The van der Waals surface area contributed by atoms with Crippen molar-refractivity contribution in [1.29, 1.82) is 0 Å². The molecule has 2 unspecified atom stereocenters. The van der Waals surface area contributed by atoms with Gasteiger partial charge >= 0.3 is 0 Å². The third-order valence-electron chi connectivity index (χ3n) is 2.82. The smallest absolute Gasteiger partial charge is 0.0720 e. The van der Waals surface area contributed by atoms with Gasteiger partial charge < -0.3 is 10.5 Å². The van der Waals surface area contributed by atoms with Crippen molar-refractivity contribution in [2.75, 3.05) is 0 Å². The van der Waals surface area contributed by atoms with Crippen molar-refractivity contribution in [2.45, 2.75) is 38.0 Å². The van der Waals surface area contributed by atoms with Gasteiger partial charge in [-0.2, -0.15) is 0 Å². The standard InChI is InChI=1S/C12H16INO/c13-10-3-1-9(2-4-10)8-15-12-6-5-11(14)7-12/h1-4,11-12H,5-8,14H2. The zero-order valence-electron chi connectivity index (χ0n) is 8.66. The average Bonchev–Trinajstić information content (AvgIpc) is 2.64. The Morgan fingerprint density at radius 3 is 2.60 bits per heavy atom. The monoisotopic (exact) mass is 317 g/mol. The lowest BCUT2D eigenvalue weighted by Crippen LogP contribution is -2.17. The summed E-state index contributed by atoms with van der Waals surface area (Å²) < 4.78 is 7.08. The number of halogens is 1. The fourth-order valence-electron chi connectivity index (χ4n) is 1.92. The molecule has 2 N–H and O–H groups in total. The predicted molar refractivity (Wildman–Crippen MR) is 69.6 cm³/mol. The zero-order chi connectivity index (χ0) is 10.7. The SMILES string of the molecule is NC1CCC(OCc2ccc(I)cc2)C1. The summed E-state index contributed by atoms with van der Waals surface area (Å²) in [5.41, 5.74) is 7.08. The summed E-state index contributed by atoms with van der Waals surface area (Å²) in [4.78, 5) is 0. The van der Waals surface area contributed by atoms with Crippen molar-refractivity contribution in [3.05, 3.63) is 33.4 Å². The van der Waals surface area contributed by atoms with Gasteiger partial charge in [-0.3, -0.25) is 0 Å². The lowest BCUT2D eigenvalue weighted by molar-refractivity contribution is 0.0448. The third kappa shape index (κ3) is 3.43. The minimum absolute atomic E-state index is 0.353. The molecular formula is C12H16INO. The molecular weight excluding hydrogens is 301 g/mol. The summed E-state index contributed by atoms with van der Waals surface area (Å²) in [5, 5.41) is 0. The van der Waals surface area contributed by atoms with E-state index in [0.717, 1.165) is 19.3 Å². The topological polar surface area (TPSA) is 35.2 Å². The summed E-state index contributed by atoms with van der Waals surface area (Å²) in [6.07, 6.45) is 3.62. The first-order valence-electron chi connectivity index (χ1n) is 5.35. The molecule has 0 spiro atoms. The number of hydrogen-bond acceptors (Lipinski definition) is 2. The van der Waals surface area contributed by atoms with E-state index in [-0.39, 0.29) is 0 Å². The lowest BCUT2D eigenvalue weighted by Gasteiger charge is -2.11. The maximum Gasteiger partial charge on any atom is 0.0720 e. The van der Waals surface area contributed by atoms with E-state index in [9.17, 15) is 0 Å². The highest BCUT2D eigenvalue weighted by Gasteiger charge is 2.21. The fraction of sp³-hybridized carbons (Fsp3) is 0.500. The minimum atomic E-state index is 0.353. The summed E-state index contributed by atoms with van der Waals surface area (Å²) in [7, 11) is 0. The molecule has 82 valence electrons. The lowest BCUT2D eigenvalue weighted by atomic mass is 10.2. The molecule has 2 atom stereocenters. The Bertz CT molecular complexity index is 312. The Morgan fingerprint density at radius 1 is 1.27 bits per heavy atom. The Morgan fingerprint density at radius 2 is 2.00 bits per heavy atom. The first-order valence-corrected chi connectivity index (χ1v) is 6.43. The Kier molecular flexibility index (Phi) is 3.99. The van der Waals surface area contributed by atoms with Gasteiger partial charge in [0.25, 0.3) is 0 Å². The van der Waals surface area contributed by atoms with Crippen LogP contribution in [0.2, 0.25) is 0 Å². The maximum atomic E-state index is 5.83. The van der Waals surface area contributed by atoms with E-state index >= 15 is 0 Å². The van der Waals surface area contributed by atoms with E-state index in [0.29, 0.717) is 18.8 Å². The van der Waals surface area contributed by atoms with Gasteiger partial charge in [0.2, 0.25) is 0 Å². The van der Waals surface area contributed by atoms with Crippen LogP contribution in [0.3, 0.4) is 0 Å². The molecule has 1 aromatic rings. The second-order valence-electron chi connectivity index (χ2n) is 4.13. The number of nitrogens with two attached hydrogens (primary N) is 1. The summed E-state index contributed by atoms with van der Waals surface area (Å²) in [5.74, 6) is 0. The molecule has 0 radical (unpaired) electrons. The molecule has 2 rings (SSSR count). The third-order valence-corrected chi connectivity index (χ3v) is 3.54. The maximum absolute atomic E-state index is 5.83. The van der Waals surface area contributed by atoms with E-state index < -0.39 is 0 Å². The molecule has 1 aliphatic rings. The highest BCUT2D eigenvalue weighted by atomic mass is 127. The minimum Gasteiger partial charge on any atom is -0.373 e. The van der Waals surface area contributed by atoms with Crippen LogP contribution < -0.4 is 5.73 Å².